The van der Waals surface area contributed by atoms with Gasteiger partial charge in [0, 0.05) is 31.8 Å². The van der Waals surface area contributed by atoms with Crippen LogP contribution >= 0.6 is 0 Å². The molecule has 0 aliphatic carbocycles. The second kappa shape index (κ2) is 8.57. The minimum Gasteiger partial charge on any atom is -0.493 e. The van der Waals surface area contributed by atoms with E-state index in [4.69, 9.17) is 14.2 Å². The van der Waals surface area contributed by atoms with Gasteiger partial charge in [-0.05, 0) is 19.1 Å². The Balaban J connectivity index is 1.99. The number of ether oxygens (including phenoxy) is 3. The number of hydrogen-bond donors (Lipinski definition) is 2. The molecular formula is C17H25N3O5. The molecule has 0 radical (unpaired) electrons. The number of anilines is 1. The molecule has 1 aliphatic heterocycles. The Morgan fingerprint density at radius 2 is 2.00 bits per heavy atom. The van der Waals surface area contributed by atoms with Gasteiger partial charge in [0.05, 0.1) is 32.9 Å². The highest BCUT2D eigenvalue weighted by atomic mass is 16.5. The number of methoxy groups -OCH3 is 3. The number of carbonyl (C=O) groups excluding carboxylic acids is 2. The lowest BCUT2D eigenvalue weighted by atomic mass is 10.2. The zero-order valence-electron chi connectivity index (χ0n) is 15.0. The molecule has 25 heavy (non-hydrogen) atoms. The Labute approximate surface area is 147 Å². The van der Waals surface area contributed by atoms with Gasteiger partial charge in [-0.3, -0.25) is 4.79 Å². The van der Waals surface area contributed by atoms with Gasteiger partial charge in [-0.25, -0.2) is 4.79 Å². The normalized spacial score (nSPS) is 18.0. The quantitative estimate of drug-likeness (QED) is 0.769. The van der Waals surface area contributed by atoms with Gasteiger partial charge in [-0.15, -0.1) is 0 Å². The molecule has 1 aromatic rings. The van der Waals surface area contributed by atoms with Crippen LogP contribution in [-0.2, 0) is 9.53 Å². The van der Waals surface area contributed by atoms with Crippen molar-refractivity contribution in [1.29, 1.82) is 0 Å². The van der Waals surface area contributed by atoms with Crippen molar-refractivity contribution < 1.29 is 23.8 Å². The van der Waals surface area contributed by atoms with Crippen LogP contribution in [0.15, 0.2) is 18.2 Å². The molecule has 2 atom stereocenters. The highest BCUT2D eigenvalue weighted by molar-refractivity contribution is 5.97. The van der Waals surface area contributed by atoms with Crippen molar-refractivity contribution in [2.24, 2.45) is 0 Å². The van der Waals surface area contributed by atoms with Gasteiger partial charge in [0.25, 0.3) is 0 Å². The number of urea groups is 1. The maximum Gasteiger partial charge on any atom is 0.315 e. The molecule has 138 valence electrons. The molecule has 0 aromatic heterocycles. The first-order chi connectivity index (χ1) is 12.0. The summed E-state index contributed by atoms with van der Waals surface area (Å²) in [5.41, 5.74) is 0.708. The lowest BCUT2D eigenvalue weighted by molar-refractivity contribution is -0.117. The van der Waals surface area contributed by atoms with Crippen LogP contribution in [0.3, 0.4) is 0 Å². The number of amides is 3. The largest absolute Gasteiger partial charge is 0.493 e. The SMILES string of the molecule is COCC(C)NC(=O)NC1CC(=O)N(c2ccc(OC)c(OC)c2)C1. The van der Waals surface area contributed by atoms with Crippen LogP contribution in [0.25, 0.3) is 0 Å². The van der Waals surface area contributed by atoms with E-state index >= 15 is 0 Å². The van der Waals surface area contributed by atoms with E-state index in [0.29, 0.717) is 30.3 Å². The molecule has 2 N–H and O–H groups in total. The minimum atomic E-state index is -0.309. The van der Waals surface area contributed by atoms with Crippen molar-refractivity contribution in [2.45, 2.75) is 25.4 Å². The van der Waals surface area contributed by atoms with Crippen LogP contribution in [0.1, 0.15) is 13.3 Å². The van der Waals surface area contributed by atoms with Crippen LogP contribution in [0.4, 0.5) is 10.5 Å². The molecule has 1 saturated heterocycles. The van der Waals surface area contributed by atoms with Crippen molar-refractivity contribution in [3.63, 3.8) is 0 Å². The standard InChI is InChI=1S/C17H25N3O5/c1-11(10-23-2)18-17(22)19-12-7-16(21)20(9-12)13-5-6-14(24-3)15(8-13)25-4/h5-6,8,11-12H,7,9-10H2,1-4H3,(H2,18,19,22). The van der Waals surface area contributed by atoms with Crippen LogP contribution < -0.4 is 25.0 Å². The number of benzene rings is 1. The predicted octanol–water partition coefficient (Wildman–Crippen LogP) is 1.14. The maximum absolute atomic E-state index is 12.3. The van der Waals surface area contributed by atoms with E-state index in [-0.39, 0.29) is 30.4 Å². The summed E-state index contributed by atoms with van der Waals surface area (Å²) in [6.07, 6.45) is 0.250. The molecule has 2 unspecified atom stereocenters. The van der Waals surface area contributed by atoms with Gasteiger partial charge >= 0.3 is 6.03 Å². The smallest absolute Gasteiger partial charge is 0.315 e. The third-order valence-corrected chi connectivity index (χ3v) is 3.93. The van der Waals surface area contributed by atoms with E-state index in [1.807, 2.05) is 6.92 Å². The van der Waals surface area contributed by atoms with Gasteiger partial charge in [0.15, 0.2) is 11.5 Å². The fourth-order valence-corrected chi connectivity index (χ4v) is 2.79. The Kier molecular flexibility index (Phi) is 6.46. The Morgan fingerprint density at radius 3 is 2.64 bits per heavy atom. The molecule has 1 heterocycles. The van der Waals surface area contributed by atoms with Gasteiger partial charge < -0.3 is 29.7 Å². The van der Waals surface area contributed by atoms with Crippen molar-refractivity contribution >= 4 is 17.6 Å². The third-order valence-electron chi connectivity index (χ3n) is 3.93. The zero-order valence-corrected chi connectivity index (χ0v) is 15.0. The molecule has 2 rings (SSSR count). The van der Waals surface area contributed by atoms with Crippen LogP contribution in [0, 0.1) is 0 Å². The first kappa shape index (κ1) is 18.9. The average Bonchev–Trinajstić information content (AvgIpc) is 2.94. The van der Waals surface area contributed by atoms with E-state index in [1.165, 1.54) is 0 Å². The molecule has 0 saturated carbocycles. The van der Waals surface area contributed by atoms with Gasteiger partial charge in [-0.2, -0.15) is 0 Å². The van der Waals surface area contributed by atoms with E-state index in [0.717, 1.165) is 0 Å². The molecule has 8 heteroatoms. The summed E-state index contributed by atoms with van der Waals surface area (Å²) in [6, 6.07) is 4.62. The monoisotopic (exact) mass is 351 g/mol. The summed E-state index contributed by atoms with van der Waals surface area (Å²) in [4.78, 5) is 25.9. The lowest BCUT2D eigenvalue weighted by Gasteiger charge is -2.19. The summed E-state index contributed by atoms with van der Waals surface area (Å²) in [7, 11) is 4.68. The van der Waals surface area contributed by atoms with Gasteiger partial charge in [-0.1, -0.05) is 0 Å². The summed E-state index contributed by atoms with van der Waals surface area (Å²) in [5, 5.41) is 5.59. The van der Waals surface area contributed by atoms with Crippen LogP contribution in [0.5, 0.6) is 11.5 Å². The van der Waals surface area contributed by atoms with Crippen molar-refractivity contribution in [1.82, 2.24) is 10.6 Å². The fourth-order valence-electron chi connectivity index (χ4n) is 2.79. The number of rotatable bonds is 7. The second-order valence-corrected chi connectivity index (χ2v) is 5.92. The van der Waals surface area contributed by atoms with Crippen molar-refractivity contribution in [3.8, 4) is 11.5 Å². The van der Waals surface area contributed by atoms with E-state index in [2.05, 4.69) is 10.6 Å². The van der Waals surface area contributed by atoms with Crippen LogP contribution in [0.2, 0.25) is 0 Å². The Bertz CT molecular complexity index is 622. The van der Waals surface area contributed by atoms with Crippen molar-refractivity contribution in [2.75, 3.05) is 39.4 Å². The number of nitrogens with zero attached hydrogens (tertiary/aromatic N) is 1. The fraction of sp³-hybridized carbons (Fsp3) is 0.529. The van der Waals surface area contributed by atoms with E-state index in [9.17, 15) is 9.59 Å². The highest BCUT2D eigenvalue weighted by Gasteiger charge is 2.32. The number of nitrogens with one attached hydrogen (secondary N) is 2. The maximum atomic E-state index is 12.3. The number of carbonyl (C=O) groups is 2. The molecule has 0 bridgehead atoms. The molecule has 1 aromatic carbocycles. The number of hydrogen-bond acceptors (Lipinski definition) is 5. The van der Waals surface area contributed by atoms with Gasteiger partial charge in [0.1, 0.15) is 0 Å². The first-order valence-electron chi connectivity index (χ1n) is 8.06. The Morgan fingerprint density at radius 1 is 1.28 bits per heavy atom. The molecule has 0 spiro atoms. The molecular weight excluding hydrogens is 326 g/mol. The lowest BCUT2D eigenvalue weighted by Crippen LogP contribution is -2.47. The summed E-state index contributed by atoms with van der Waals surface area (Å²) in [5.74, 6) is 1.09. The Hall–Kier alpha value is -2.48. The summed E-state index contributed by atoms with van der Waals surface area (Å²) >= 11 is 0. The zero-order chi connectivity index (χ0) is 18.4. The minimum absolute atomic E-state index is 0.0533. The van der Waals surface area contributed by atoms with Crippen LogP contribution in [-0.4, -0.2) is 58.5 Å². The third kappa shape index (κ3) is 4.76. The molecule has 1 aliphatic rings. The first-order valence-corrected chi connectivity index (χ1v) is 8.06. The van der Waals surface area contributed by atoms with Crippen molar-refractivity contribution in [3.05, 3.63) is 18.2 Å². The average molecular weight is 351 g/mol. The summed E-state index contributed by atoms with van der Waals surface area (Å²) in [6.45, 7) is 2.67. The van der Waals surface area contributed by atoms with Gasteiger partial charge in [0.2, 0.25) is 5.91 Å². The molecule has 1 fully saturated rings. The second-order valence-electron chi connectivity index (χ2n) is 5.92. The highest BCUT2D eigenvalue weighted by Crippen LogP contribution is 2.33. The van der Waals surface area contributed by atoms with E-state index < -0.39 is 0 Å². The molecule has 3 amide bonds. The summed E-state index contributed by atoms with van der Waals surface area (Å²) < 4.78 is 15.5. The molecule has 8 nitrogen and oxygen atoms in total. The van der Waals surface area contributed by atoms with E-state index in [1.54, 1.807) is 44.4 Å². The topological polar surface area (TPSA) is 89.1 Å². The predicted molar refractivity (Wildman–Crippen MR) is 93.3 cm³/mol.